The molecule has 0 spiro atoms. The number of rotatable bonds is 3. The lowest BCUT2D eigenvalue weighted by molar-refractivity contribution is 0.302. The van der Waals surface area contributed by atoms with Crippen molar-refractivity contribution in [2.24, 2.45) is 5.16 Å². The maximum atomic E-state index is 8.55. The summed E-state index contributed by atoms with van der Waals surface area (Å²) in [6, 6.07) is 19.1. The summed E-state index contributed by atoms with van der Waals surface area (Å²) in [4.78, 5) is 4.38. The third-order valence-corrected chi connectivity index (χ3v) is 3.87. The predicted octanol–water partition coefficient (Wildman–Crippen LogP) is 2.89. The van der Waals surface area contributed by atoms with Crippen LogP contribution in [0.1, 0.15) is 0 Å². The number of hydrogen-bond donors (Lipinski definition) is 1. The van der Waals surface area contributed by atoms with E-state index in [-0.39, 0.29) is 0 Å². The van der Waals surface area contributed by atoms with Crippen LogP contribution in [0.3, 0.4) is 0 Å². The van der Waals surface area contributed by atoms with Gasteiger partial charge in [-0.1, -0.05) is 47.6 Å². The molecule has 21 heavy (non-hydrogen) atoms. The van der Waals surface area contributed by atoms with Crippen molar-refractivity contribution in [3.63, 3.8) is 0 Å². The van der Waals surface area contributed by atoms with Gasteiger partial charge in [-0.25, -0.2) is 0 Å². The van der Waals surface area contributed by atoms with Crippen LogP contribution in [0.15, 0.2) is 59.8 Å². The Hall–Kier alpha value is -2.49. The highest BCUT2D eigenvalue weighted by Gasteiger charge is 2.15. The van der Waals surface area contributed by atoms with Gasteiger partial charge in [0.25, 0.3) is 0 Å². The highest BCUT2D eigenvalue weighted by atomic mass is 16.4. The molecule has 108 valence electrons. The van der Waals surface area contributed by atoms with Crippen LogP contribution in [-0.2, 0) is 0 Å². The second kappa shape index (κ2) is 6.31. The van der Waals surface area contributed by atoms with Gasteiger partial charge in [-0.05, 0) is 23.3 Å². The highest BCUT2D eigenvalue weighted by molar-refractivity contribution is 5.66. The minimum absolute atomic E-state index is 0.879. The van der Waals surface area contributed by atoms with Crippen LogP contribution in [0.2, 0.25) is 0 Å². The van der Waals surface area contributed by atoms with Crippen LogP contribution in [0.25, 0.3) is 11.1 Å². The van der Waals surface area contributed by atoms with Crippen LogP contribution >= 0.6 is 0 Å². The molecule has 0 unspecified atom stereocenters. The molecule has 0 atom stereocenters. The van der Waals surface area contributed by atoms with E-state index in [1.54, 1.807) is 0 Å². The van der Waals surface area contributed by atoms with Crippen molar-refractivity contribution in [1.29, 1.82) is 0 Å². The van der Waals surface area contributed by atoms with Gasteiger partial charge in [-0.15, -0.1) is 0 Å². The van der Waals surface area contributed by atoms with Gasteiger partial charge in [0.05, 0.1) is 0 Å². The Kier molecular flexibility index (Phi) is 4.05. The molecule has 2 aromatic rings. The van der Waals surface area contributed by atoms with E-state index in [1.165, 1.54) is 23.2 Å². The van der Waals surface area contributed by atoms with Crippen LogP contribution in [0, 0.1) is 0 Å². The number of hydrogen-bond acceptors (Lipinski definition) is 3. The summed E-state index contributed by atoms with van der Waals surface area (Å²) in [6.07, 6.45) is 1.50. The zero-order valence-electron chi connectivity index (χ0n) is 11.9. The molecule has 0 amide bonds. The lowest BCUT2D eigenvalue weighted by Gasteiger charge is -2.34. The van der Waals surface area contributed by atoms with Crippen molar-refractivity contribution in [3.8, 4) is 11.1 Å². The van der Waals surface area contributed by atoms with Crippen molar-refractivity contribution < 1.29 is 5.21 Å². The molecule has 1 aliphatic heterocycles. The van der Waals surface area contributed by atoms with Gasteiger partial charge in [0.1, 0.15) is 6.34 Å². The average Bonchev–Trinajstić information content (AvgIpc) is 2.57. The monoisotopic (exact) mass is 281 g/mol. The van der Waals surface area contributed by atoms with Crippen molar-refractivity contribution >= 4 is 12.0 Å². The maximum absolute atomic E-state index is 8.55. The van der Waals surface area contributed by atoms with Crippen molar-refractivity contribution in [2.45, 2.75) is 0 Å². The summed E-state index contributed by atoms with van der Waals surface area (Å²) in [5.74, 6) is 0. The smallest absolute Gasteiger partial charge is 0.130 e. The van der Waals surface area contributed by atoms with Gasteiger partial charge in [-0.3, -0.25) is 0 Å². The van der Waals surface area contributed by atoms with E-state index >= 15 is 0 Å². The second-order valence-electron chi connectivity index (χ2n) is 5.17. The molecule has 0 saturated carbocycles. The van der Waals surface area contributed by atoms with Gasteiger partial charge in [0, 0.05) is 31.9 Å². The van der Waals surface area contributed by atoms with Crippen LogP contribution in [0.4, 0.5) is 5.69 Å². The van der Waals surface area contributed by atoms with E-state index in [0.29, 0.717) is 0 Å². The molecule has 2 aromatic carbocycles. The molecule has 1 N–H and O–H groups in total. The van der Waals surface area contributed by atoms with Gasteiger partial charge in [0.15, 0.2) is 0 Å². The predicted molar refractivity (Wildman–Crippen MR) is 85.9 cm³/mol. The number of anilines is 1. The number of oxime groups is 1. The largest absolute Gasteiger partial charge is 0.410 e. The minimum atomic E-state index is 0.879. The second-order valence-corrected chi connectivity index (χ2v) is 5.17. The van der Waals surface area contributed by atoms with Crippen molar-refractivity contribution in [2.75, 3.05) is 31.1 Å². The first-order valence-corrected chi connectivity index (χ1v) is 7.19. The van der Waals surface area contributed by atoms with Gasteiger partial charge < -0.3 is 15.0 Å². The molecule has 0 bridgehead atoms. The average molecular weight is 281 g/mol. The van der Waals surface area contributed by atoms with Gasteiger partial charge in [-0.2, -0.15) is 0 Å². The first-order valence-electron chi connectivity index (χ1n) is 7.19. The molecule has 1 saturated heterocycles. The molecule has 0 aromatic heterocycles. The van der Waals surface area contributed by atoms with Gasteiger partial charge >= 0.3 is 0 Å². The fraction of sp³-hybridized carbons (Fsp3) is 0.235. The van der Waals surface area contributed by atoms with E-state index in [2.05, 4.69) is 58.6 Å². The maximum Gasteiger partial charge on any atom is 0.130 e. The Morgan fingerprint density at radius 1 is 0.810 bits per heavy atom. The summed E-state index contributed by atoms with van der Waals surface area (Å²) in [5, 5.41) is 11.6. The normalized spacial score (nSPS) is 15.6. The first-order chi connectivity index (χ1) is 10.4. The zero-order chi connectivity index (χ0) is 14.5. The number of piperazine rings is 1. The Balaban J connectivity index is 1.68. The van der Waals surface area contributed by atoms with Crippen LogP contribution < -0.4 is 4.90 Å². The summed E-state index contributed by atoms with van der Waals surface area (Å²) < 4.78 is 0. The highest BCUT2D eigenvalue weighted by Crippen LogP contribution is 2.23. The van der Waals surface area contributed by atoms with E-state index in [9.17, 15) is 0 Å². The van der Waals surface area contributed by atoms with Crippen molar-refractivity contribution in [1.82, 2.24) is 4.90 Å². The fourth-order valence-electron chi connectivity index (χ4n) is 2.66. The van der Waals surface area contributed by atoms with E-state index in [0.717, 1.165) is 26.2 Å². The number of nitrogens with zero attached hydrogens (tertiary/aromatic N) is 3. The van der Waals surface area contributed by atoms with E-state index < -0.39 is 0 Å². The molecule has 4 nitrogen and oxygen atoms in total. The third kappa shape index (κ3) is 3.16. The molecule has 1 heterocycles. The summed E-state index contributed by atoms with van der Waals surface area (Å²) >= 11 is 0. The lowest BCUT2D eigenvalue weighted by Crippen LogP contribution is -2.45. The standard InChI is InChI=1S/C17H19N3O/c21-18-14-19-10-12-20(13-11-19)17-8-6-16(7-9-17)15-4-2-1-3-5-15/h1-9,14,21H,10-13H2. The molecule has 1 fully saturated rings. The zero-order valence-corrected chi connectivity index (χ0v) is 11.9. The topological polar surface area (TPSA) is 39.1 Å². The summed E-state index contributed by atoms with van der Waals surface area (Å²) in [5.41, 5.74) is 3.73. The summed E-state index contributed by atoms with van der Waals surface area (Å²) in [6.45, 7) is 3.64. The lowest BCUT2D eigenvalue weighted by atomic mass is 10.1. The molecule has 4 heteroatoms. The molecule has 0 radical (unpaired) electrons. The molecule has 3 rings (SSSR count). The van der Waals surface area contributed by atoms with Crippen molar-refractivity contribution in [3.05, 3.63) is 54.6 Å². The third-order valence-electron chi connectivity index (χ3n) is 3.87. The SMILES string of the molecule is ON=CN1CCN(c2ccc(-c3ccccc3)cc2)CC1. The molecular weight excluding hydrogens is 262 g/mol. The number of benzene rings is 2. The van der Waals surface area contributed by atoms with Gasteiger partial charge in [0.2, 0.25) is 0 Å². The molecule has 0 aliphatic carbocycles. The Morgan fingerprint density at radius 2 is 1.43 bits per heavy atom. The first kappa shape index (κ1) is 13.5. The van der Waals surface area contributed by atoms with E-state index in [1.807, 2.05) is 11.0 Å². The Bertz CT molecular complexity index is 587. The summed E-state index contributed by atoms with van der Waals surface area (Å²) in [7, 11) is 0. The van der Waals surface area contributed by atoms with Crippen LogP contribution in [0.5, 0.6) is 0 Å². The quantitative estimate of drug-likeness (QED) is 0.407. The van der Waals surface area contributed by atoms with Crippen LogP contribution in [-0.4, -0.2) is 42.6 Å². The molecular formula is C17H19N3O. The Morgan fingerprint density at radius 3 is 2.05 bits per heavy atom. The van der Waals surface area contributed by atoms with E-state index in [4.69, 9.17) is 5.21 Å². The Labute approximate surface area is 124 Å². The fourth-order valence-corrected chi connectivity index (χ4v) is 2.66. The molecule has 1 aliphatic rings. The minimum Gasteiger partial charge on any atom is -0.410 e.